The molecule has 0 saturated heterocycles. The van der Waals surface area contributed by atoms with Gasteiger partial charge in [-0.05, 0) is 125 Å². The van der Waals surface area contributed by atoms with Crippen molar-refractivity contribution in [2.75, 3.05) is 27.4 Å². The molecular weight excluding hydrogens is 644 g/mol. The van der Waals surface area contributed by atoms with Gasteiger partial charge in [0.05, 0.1) is 24.4 Å². The van der Waals surface area contributed by atoms with Gasteiger partial charge >= 0.3 is 0 Å². The van der Waals surface area contributed by atoms with E-state index >= 15 is 0 Å². The van der Waals surface area contributed by atoms with Crippen LogP contribution in [0, 0.1) is 0 Å². The first-order valence-electron chi connectivity index (χ1n) is 15.7. The third-order valence-corrected chi connectivity index (χ3v) is 9.96. The molecule has 4 nitrogen and oxygen atoms in total. The highest BCUT2D eigenvalue weighted by Crippen LogP contribution is 2.55. The van der Waals surface area contributed by atoms with Gasteiger partial charge in [-0.1, -0.05) is 57.8 Å². The summed E-state index contributed by atoms with van der Waals surface area (Å²) in [4.78, 5) is 0. The van der Waals surface area contributed by atoms with Gasteiger partial charge < -0.3 is 18.9 Å². The largest absolute Gasteiger partial charge is 0.381 e. The molecular formula is C35H52Br2O4. The van der Waals surface area contributed by atoms with E-state index in [1.807, 2.05) is 0 Å². The molecule has 2 aromatic rings. The fourth-order valence-electron chi connectivity index (χ4n) is 6.43. The van der Waals surface area contributed by atoms with Gasteiger partial charge in [-0.15, -0.1) is 0 Å². The van der Waals surface area contributed by atoms with Crippen LogP contribution in [0.1, 0.15) is 103 Å². The summed E-state index contributed by atoms with van der Waals surface area (Å²) < 4.78 is 25.8. The highest BCUT2D eigenvalue weighted by atomic mass is 79.9. The molecule has 0 amide bonds. The first-order chi connectivity index (χ1) is 19.8. The zero-order chi connectivity index (χ0) is 29.8. The summed E-state index contributed by atoms with van der Waals surface area (Å²) in [5.41, 5.74) is 5.64. The second-order valence-corrected chi connectivity index (χ2v) is 13.5. The second-order valence-electron chi connectivity index (χ2n) is 11.7. The highest BCUT2D eigenvalue weighted by Gasteiger charge is 2.42. The first-order valence-corrected chi connectivity index (χ1v) is 17.3. The highest BCUT2D eigenvalue weighted by molar-refractivity contribution is 9.10. The normalized spacial score (nSPS) is 16.7. The van der Waals surface area contributed by atoms with Crippen LogP contribution in [0.15, 0.2) is 45.3 Å². The molecule has 0 heterocycles. The molecule has 41 heavy (non-hydrogen) atoms. The lowest BCUT2D eigenvalue weighted by Crippen LogP contribution is -2.27. The zero-order valence-electron chi connectivity index (χ0n) is 26.1. The molecule has 1 aliphatic carbocycles. The Bertz CT molecular complexity index is 967. The number of hydrogen-bond acceptors (Lipinski definition) is 4. The van der Waals surface area contributed by atoms with Crippen molar-refractivity contribution in [2.45, 2.75) is 122 Å². The number of fused-ring (bicyclic) bond motifs is 3. The Kier molecular flexibility index (Phi) is 14.8. The van der Waals surface area contributed by atoms with Gasteiger partial charge in [0.2, 0.25) is 0 Å². The quantitative estimate of drug-likeness (QED) is 0.138. The van der Waals surface area contributed by atoms with E-state index in [-0.39, 0.29) is 29.8 Å². The fraction of sp³-hybridized carbons (Fsp3) is 0.657. The lowest BCUT2D eigenvalue weighted by Gasteiger charge is -2.34. The molecule has 230 valence electrons. The topological polar surface area (TPSA) is 36.9 Å². The summed E-state index contributed by atoms with van der Waals surface area (Å²) in [5, 5.41) is 0. The second kappa shape index (κ2) is 17.5. The monoisotopic (exact) mass is 694 g/mol. The lowest BCUT2D eigenvalue weighted by atomic mass is 9.70. The Labute approximate surface area is 266 Å². The van der Waals surface area contributed by atoms with Crippen LogP contribution in [0.2, 0.25) is 0 Å². The maximum absolute atomic E-state index is 6.21. The van der Waals surface area contributed by atoms with Crippen molar-refractivity contribution in [3.63, 3.8) is 0 Å². The molecule has 0 N–H and O–H groups in total. The van der Waals surface area contributed by atoms with Crippen molar-refractivity contribution in [3.8, 4) is 11.1 Å². The molecule has 6 heteroatoms. The summed E-state index contributed by atoms with van der Waals surface area (Å²) in [5.74, 6) is 0. The molecule has 0 aliphatic heterocycles. The van der Waals surface area contributed by atoms with E-state index in [1.165, 1.54) is 22.3 Å². The average molecular weight is 697 g/mol. The minimum atomic E-state index is -0.0234. The van der Waals surface area contributed by atoms with E-state index in [2.05, 4.69) is 96.0 Å². The number of halogens is 2. The maximum atomic E-state index is 6.21. The first kappa shape index (κ1) is 34.7. The Morgan fingerprint density at radius 2 is 1.07 bits per heavy atom. The van der Waals surface area contributed by atoms with Gasteiger partial charge in [-0.3, -0.25) is 0 Å². The van der Waals surface area contributed by atoms with Crippen molar-refractivity contribution < 1.29 is 18.9 Å². The van der Waals surface area contributed by atoms with Crippen LogP contribution in [0.25, 0.3) is 11.1 Å². The molecule has 3 rings (SSSR count). The zero-order valence-corrected chi connectivity index (χ0v) is 29.3. The predicted octanol–water partition coefficient (Wildman–Crippen LogP) is 10.3. The van der Waals surface area contributed by atoms with E-state index in [9.17, 15) is 0 Å². The third-order valence-electron chi connectivity index (χ3n) is 8.97. The van der Waals surface area contributed by atoms with Crippen molar-refractivity contribution in [1.29, 1.82) is 0 Å². The van der Waals surface area contributed by atoms with Gasteiger partial charge in [-0.2, -0.15) is 0 Å². The number of benzene rings is 2. The van der Waals surface area contributed by atoms with E-state index in [4.69, 9.17) is 18.9 Å². The smallest absolute Gasteiger partial charge is 0.0590 e. The van der Waals surface area contributed by atoms with Crippen molar-refractivity contribution >= 4 is 31.9 Å². The standard InChI is InChI=1S/C35H52Br2O4/c1-7-29(38-5)17-21-40-25(3)11-9-19-35(20-10-12-26(4)41-22-18-30(8-2)39-6)33-23-27(36)13-15-31(33)32-16-14-28(37)24-34(32)35/h13-16,23-26,29-30H,7-12,17-22H2,1-6H3. The van der Waals surface area contributed by atoms with Crippen LogP contribution in [0.3, 0.4) is 0 Å². The van der Waals surface area contributed by atoms with Crippen LogP contribution < -0.4 is 0 Å². The minimum Gasteiger partial charge on any atom is -0.381 e. The Hall–Kier alpha value is -0.760. The third kappa shape index (κ3) is 9.61. The summed E-state index contributed by atoms with van der Waals surface area (Å²) in [6.07, 6.45) is 11.5. The van der Waals surface area contributed by atoms with Crippen molar-refractivity contribution in [3.05, 3.63) is 56.5 Å². The van der Waals surface area contributed by atoms with Crippen LogP contribution in [-0.2, 0) is 24.4 Å². The lowest BCUT2D eigenvalue weighted by molar-refractivity contribution is 0.0163. The van der Waals surface area contributed by atoms with E-state index in [0.717, 1.165) is 86.4 Å². The molecule has 4 atom stereocenters. The molecule has 0 saturated carbocycles. The van der Waals surface area contributed by atoms with E-state index in [1.54, 1.807) is 14.2 Å². The molecule has 0 radical (unpaired) electrons. The van der Waals surface area contributed by atoms with Gasteiger partial charge in [0.25, 0.3) is 0 Å². The number of ether oxygens (including phenoxy) is 4. The minimum absolute atomic E-state index is 0.0234. The van der Waals surface area contributed by atoms with E-state index in [0.29, 0.717) is 0 Å². The number of rotatable bonds is 20. The molecule has 4 unspecified atom stereocenters. The average Bonchev–Trinajstić information content (AvgIpc) is 3.21. The summed E-state index contributed by atoms with van der Waals surface area (Å²) in [7, 11) is 3.59. The SMILES string of the molecule is CCC(CCOC(C)CCCC1(CCCC(C)OCCC(CC)OC)c2cc(Br)ccc2-c2ccc(Br)cc21)OC. The number of hydrogen-bond donors (Lipinski definition) is 0. The van der Waals surface area contributed by atoms with Crippen LogP contribution in [-0.4, -0.2) is 51.8 Å². The summed E-state index contributed by atoms with van der Waals surface area (Å²) >= 11 is 7.59. The Morgan fingerprint density at radius 1 is 0.659 bits per heavy atom. The molecule has 0 aromatic heterocycles. The van der Waals surface area contributed by atoms with Crippen molar-refractivity contribution in [1.82, 2.24) is 0 Å². The predicted molar refractivity (Wildman–Crippen MR) is 178 cm³/mol. The van der Waals surface area contributed by atoms with E-state index < -0.39 is 0 Å². The van der Waals surface area contributed by atoms with Gasteiger partial charge in [0.15, 0.2) is 0 Å². The van der Waals surface area contributed by atoms with Gasteiger partial charge in [-0.25, -0.2) is 0 Å². The number of methoxy groups -OCH3 is 2. The van der Waals surface area contributed by atoms with Crippen molar-refractivity contribution in [2.24, 2.45) is 0 Å². The van der Waals surface area contributed by atoms with Gasteiger partial charge in [0.1, 0.15) is 0 Å². The molecule has 0 spiro atoms. The molecule has 0 bridgehead atoms. The fourth-order valence-corrected chi connectivity index (χ4v) is 7.15. The van der Waals surface area contributed by atoms with Crippen LogP contribution in [0.5, 0.6) is 0 Å². The summed E-state index contributed by atoms with van der Waals surface area (Å²) in [6.45, 7) is 10.3. The maximum Gasteiger partial charge on any atom is 0.0590 e. The molecule has 2 aromatic carbocycles. The Balaban J connectivity index is 1.72. The summed E-state index contributed by atoms with van der Waals surface area (Å²) in [6, 6.07) is 13.7. The molecule has 0 fully saturated rings. The molecule has 1 aliphatic rings. The Morgan fingerprint density at radius 3 is 1.44 bits per heavy atom. The van der Waals surface area contributed by atoms with Crippen LogP contribution >= 0.6 is 31.9 Å². The van der Waals surface area contributed by atoms with Crippen LogP contribution in [0.4, 0.5) is 0 Å². The van der Waals surface area contributed by atoms with Gasteiger partial charge in [0, 0.05) is 41.8 Å².